The molecule has 0 aliphatic heterocycles. The van der Waals surface area contributed by atoms with Gasteiger partial charge in [-0.15, -0.1) is 0 Å². The van der Waals surface area contributed by atoms with E-state index in [0.717, 1.165) is 109 Å². The highest BCUT2D eigenvalue weighted by Crippen LogP contribution is 2.45. The maximum absolute atomic E-state index is 13.1. The summed E-state index contributed by atoms with van der Waals surface area (Å²) in [6.07, 6.45) is 55.7. The third-order valence-corrected chi connectivity index (χ3v) is 19.5. The molecule has 19 heteroatoms. The molecule has 0 spiro atoms. The average Bonchev–Trinajstić information content (AvgIpc) is 2.00. The second-order valence-corrected chi connectivity index (χ2v) is 29.8. The Kier molecular flexibility index (Phi) is 65.9. The fraction of sp³-hybridized carbons (Fsp3) is 0.946. The van der Waals surface area contributed by atoms with Crippen LogP contribution in [-0.4, -0.2) is 96.7 Å². The second kappa shape index (κ2) is 67.3. The summed E-state index contributed by atoms with van der Waals surface area (Å²) in [6.45, 7) is 7.25. The summed E-state index contributed by atoms with van der Waals surface area (Å²) < 4.78 is 68.3. The lowest BCUT2D eigenvalue weighted by Crippen LogP contribution is -2.30. The van der Waals surface area contributed by atoms with Gasteiger partial charge >= 0.3 is 39.5 Å². The van der Waals surface area contributed by atoms with Crippen LogP contribution in [0.1, 0.15) is 388 Å². The molecule has 3 unspecified atom stereocenters. The topological polar surface area (TPSA) is 237 Å². The van der Waals surface area contributed by atoms with E-state index in [4.69, 9.17) is 37.0 Å². The molecule has 0 fully saturated rings. The molecule has 0 aliphatic rings. The first-order valence-electron chi connectivity index (χ1n) is 38.7. The molecule has 0 rings (SSSR count). The van der Waals surface area contributed by atoms with E-state index in [2.05, 4.69) is 34.6 Å². The number of carbonyl (C=O) groups excluding carboxylic acids is 4. The van der Waals surface area contributed by atoms with Gasteiger partial charge in [0.1, 0.15) is 19.3 Å². The van der Waals surface area contributed by atoms with Gasteiger partial charge in [0, 0.05) is 25.7 Å². The first-order valence-corrected chi connectivity index (χ1v) is 41.7. The van der Waals surface area contributed by atoms with E-state index in [-0.39, 0.29) is 25.7 Å². The number of unbranched alkanes of at least 4 members (excludes halogenated alkanes) is 45. The molecule has 0 bridgehead atoms. The minimum atomic E-state index is -4.95. The molecule has 0 heterocycles. The first kappa shape index (κ1) is 91.1. The van der Waals surface area contributed by atoms with Crippen molar-refractivity contribution in [1.29, 1.82) is 0 Å². The van der Waals surface area contributed by atoms with E-state index in [1.165, 1.54) is 199 Å². The lowest BCUT2D eigenvalue weighted by Gasteiger charge is -2.21. The Hall–Kier alpha value is -1.94. The van der Waals surface area contributed by atoms with Gasteiger partial charge < -0.3 is 33.8 Å². The van der Waals surface area contributed by atoms with Crippen LogP contribution in [0.2, 0.25) is 0 Å². The van der Waals surface area contributed by atoms with Gasteiger partial charge in [-0.3, -0.25) is 37.3 Å². The molecule has 0 aromatic rings. The molecular weight excluding hydrogens is 1220 g/mol. The number of phosphoric acid groups is 2. The van der Waals surface area contributed by atoms with Gasteiger partial charge in [0.2, 0.25) is 0 Å². The van der Waals surface area contributed by atoms with Crippen LogP contribution in [0.25, 0.3) is 0 Å². The molecule has 0 amide bonds. The molecule has 0 aliphatic carbocycles. The number of aliphatic hydroxyl groups is 1. The van der Waals surface area contributed by atoms with Crippen LogP contribution in [-0.2, 0) is 65.4 Å². The van der Waals surface area contributed by atoms with E-state index in [9.17, 15) is 43.2 Å². The summed E-state index contributed by atoms with van der Waals surface area (Å²) in [4.78, 5) is 72.5. The summed E-state index contributed by atoms with van der Waals surface area (Å²) in [5.41, 5.74) is 0. The Labute approximate surface area is 568 Å². The van der Waals surface area contributed by atoms with E-state index in [1.54, 1.807) is 0 Å². The van der Waals surface area contributed by atoms with E-state index in [1.807, 2.05) is 0 Å². The number of esters is 4. The largest absolute Gasteiger partial charge is 0.472 e. The molecule has 17 nitrogen and oxygen atoms in total. The summed E-state index contributed by atoms with van der Waals surface area (Å²) in [5, 5.41) is 10.6. The van der Waals surface area contributed by atoms with Crippen LogP contribution in [0, 0.1) is 5.92 Å². The SMILES string of the molecule is CCCCCCCCCCCCCCCCCCCCCCCCC(=O)O[C@H](COC(=O)CCCCCCCCCCCCC(C)CC)COP(=O)(O)OC[C@@H](O)COP(=O)(O)OC[C@@H](COC(=O)CCCCCCCCC)OC(=O)CCCCCCCCCCCC. The van der Waals surface area contributed by atoms with Crippen molar-refractivity contribution in [3.05, 3.63) is 0 Å². The molecule has 0 radical (unpaired) electrons. The molecule has 93 heavy (non-hydrogen) atoms. The number of ether oxygens (including phenoxy) is 4. The minimum Gasteiger partial charge on any atom is -0.462 e. The standard InChI is InChI=1S/C74H144O17P2/c1-6-10-13-16-19-21-23-24-25-26-27-28-29-30-31-32-33-34-40-45-50-55-60-74(79)91-70(64-85-72(77)58-53-48-43-39-36-35-37-42-46-51-56-67(5)9-4)66-89-93(82,83)87-62-68(75)61-86-92(80,81)88-65-69(63-84-71(76)57-52-47-41-18-15-12-8-3)90-73(78)59-54-49-44-38-22-20-17-14-11-7-2/h67-70,75H,6-66H2,1-5H3,(H,80,81)(H,82,83)/t67?,68-,69+,70+/m0/s1. The molecule has 0 saturated heterocycles. The van der Waals surface area contributed by atoms with Gasteiger partial charge in [0.25, 0.3) is 0 Å². The third-order valence-electron chi connectivity index (χ3n) is 17.6. The predicted molar refractivity (Wildman–Crippen MR) is 377 cm³/mol. The zero-order valence-corrected chi connectivity index (χ0v) is 62.2. The van der Waals surface area contributed by atoms with Crippen LogP contribution >= 0.6 is 15.6 Å². The first-order chi connectivity index (χ1) is 45.1. The Morgan fingerprint density at radius 2 is 0.516 bits per heavy atom. The number of hydrogen-bond donors (Lipinski definition) is 3. The number of aliphatic hydroxyl groups excluding tert-OH is 1. The van der Waals surface area contributed by atoms with Crippen molar-refractivity contribution in [2.75, 3.05) is 39.6 Å². The summed E-state index contributed by atoms with van der Waals surface area (Å²) >= 11 is 0. The van der Waals surface area contributed by atoms with Crippen LogP contribution in [0.15, 0.2) is 0 Å². The fourth-order valence-corrected chi connectivity index (χ4v) is 12.9. The van der Waals surface area contributed by atoms with Gasteiger partial charge in [-0.1, -0.05) is 336 Å². The van der Waals surface area contributed by atoms with Crippen molar-refractivity contribution in [3.8, 4) is 0 Å². The zero-order chi connectivity index (χ0) is 68.4. The van der Waals surface area contributed by atoms with Crippen LogP contribution in [0.3, 0.4) is 0 Å². The lowest BCUT2D eigenvalue weighted by molar-refractivity contribution is -0.161. The predicted octanol–water partition coefficient (Wildman–Crippen LogP) is 21.7. The highest BCUT2D eigenvalue weighted by molar-refractivity contribution is 7.47. The van der Waals surface area contributed by atoms with Gasteiger partial charge in [-0.2, -0.15) is 0 Å². The Bertz CT molecular complexity index is 1790. The maximum atomic E-state index is 13.1. The average molecular weight is 1370 g/mol. The number of rotatable bonds is 74. The van der Waals surface area contributed by atoms with E-state index >= 15 is 0 Å². The zero-order valence-electron chi connectivity index (χ0n) is 60.4. The second-order valence-electron chi connectivity index (χ2n) is 26.9. The van der Waals surface area contributed by atoms with Gasteiger partial charge in [-0.25, -0.2) is 9.13 Å². The Morgan fingerprint density at radius 1 is 0.301 bits per heavy atom. The maximum Gasteiger partial charge on any atom is 0.472 e. The van der Waals surface area contributed by atoms with Gasteiger partial charge in [0.15, 0.2) is 12.2 Å². The van der Waals surface area contributed by atoms with Gasteiger partial charge in [-0.05, 0) is 31.6 Å². The number of phosphoric ester groups is 2. The van der Waals surface area contributed by atoms with Crippen molar-refractivity contribution in [3.63, 3.8) is 0 Å². The minimum absolute atomic E-state index is 0.106. The summed E-state index contributed by atoms with van der Waals surface area (Å²) in [5.74, 6) is -1.31. The van der Waals surface area contributed by atoms with Gasteiger partial charge in [0.05, 0.1) is 26.4 Å². The fourth-order valence-electron chi connectivity index (χ4n) is 11.3. The molecule has 552 valence electrons. The highest BCUT2D eigenvalue weighted by atomic mass is 31.2. The quantitative estimate of drug-likeness (QED) is 0.0222. The molecule has 0 aromatic heterocycles. The molecule has 0 aromatic carbocycles. The van der Waals surface area contributed by atoms with Crippen LogP contribution in [0.5, 0.6) is 0 Å². The Balaban J connectivity index is 5.14. The normalized spacial score (nSPS) is 14.3. The molecule has 3 N–H and O–H groups in total. The number of hydrogen-bond acceptors (Lipinski definition) is 15. The molecule has 6 atom stereocenters. The summed E-state index contributed by atoms with van der Waals surface area (Å²) in [7, 11) is -9.90. The monoisotopic (exact) mass is 1370 g/mol. The smallest absolute Gasteiger partial charge is 0.462 e. The summed E-state index contributed by atoms with van der Waals surface area (Å²) in [6, 6.07) is 0. The van der Waals surface area contributed by atoms with Crippen molar-refractivity contribution in [1.82, 2.24) is 0 Å². The third kappa shape index (κ3) is 67.0. The van der Waals surface area contributed by atoms with E-state index in [0.29, 0.717) is 25.7 Å². The van der Waals surface area contributed by atoms with E-state index < -0.39 is 97.5 Å². The van der Waals surface area contributed by atoms with Crippen molar-refractivity contribution >= 4 is 39.5 Å². The molecular formula is C74H144O17P2. The van der Waals surface area contributed by atoms with Crippen LogP contribution in [0.4, 0.5) is 0 Å². The number of carbonyl (C=O) groups is 4. The van der Waals surface area contributed by atoms with Crippen LogP contribution < -0.4 is 0 Å². The highest BCUT2D eigenvalue weighted by Gasteiger charge is 2.30. The van der Waals surface area contributed by atoms with Crippen molar-refractivity contribution < 1.29 is 80.2 Å². The lowest BCUT2D eigenvalue weighted by atomic mass is 9.99. The van der Waals surface area contributed by atoms with Crippen molar-refractivity contribution in [2.45, 2.75) is 406 Å². The molecule has 0 saturated carbocycles. The van der Waals surface area contributed by atoms with Crippen molar-refractivity contribution in [2.24, 2.45) is 5.92 Å². The Morgan fingerprint density at radius 3 is 0.763 bits per heavy atom.